The van der Waals surface area contributed by atoms with Crippen molar-refractivity contribution in [3.63, 3.8) is 0 Å². The number of amides is 1. The molecule has 132 valence electrons. The van der Waals surface area contributed by atoms with E-state index in [1.807, 2.05) is 49.4 Å². The van der Waals surface area contributed by atoms with Gasteiger partial charge in [-0.05, 0) is 30.7 Å². The van der Waals surface area contributed by atoms with Crippen LogP contribution < -0.4 is 4.74 Å². The third-order valence-corrected chi connectivity index (χ3v) is 4.94. The Kier molecular flexibility index (Phi) is 4.93. The number of aliphatic carboxylic acids is 1. The molecule has 0 spiro atoms. The number of hydrogen-bond acceptors (Lipinski definition) is 3. The first-order valence-electron chi connectivity index (χ1n) is 8.63. The molecule has 1 fully saturated rings. The second-order valence-electron chi connectivity index (χ2n) is 6.73. The number of carboxylic acid groups (broad SMARTS) is 1. The molecule has 1 saturated heterocycles. The average Bonchev–Trinajstić information content (AvgIpc) is 2.61. The van der Waals surface area contributed by atoms with Gasteiger partial charge in [-0.3, -0.25) is 9.59 Å². The molecule has 5 heteroatoms. The molecule has 0 aliphatic carbocycles. The van der Waals surface area contributed by atoms with Gasteiger partial charge in [0, 0.05) is 18.5 Å². The van der Waals surface area contributed by atoms with Gasteiger partial charge in [-0.25, -0.2) is 0 Å². The van der Waals surface area contributed by atoms with Crippen molar-refractivity contribution < 1.29 is 19.4 Å². The van der Waals surface area contributed by atoms with Crippen molar-refractivity contribution in [3.05, 3.63) is 42.5 Å². The summed E-state index contributed by atoms with van der Waals surface area (Å²) in [6.07, 6.45) is -0.122. The lowest BCUT2D eigenvalue weighted by molar-refractivity contribution is -0.150. The maximum absolute atomic E-state index is 12.7. The number of likely N-dealkylation sites (tertiary alicyclic amines) is 1. The first-order chi connectivity index (χ1) is 12.0. The molecule has 2 aromatic rings. The van der Waals surface area contributed by atoms with E-state index in [9.17, 15) is 14.7 Å². The predicted octanol–water partition coefficient (Wildman–Crippen LogP) is 3.18. The van der Waals surface area contributed by atoms with E-state index < -0.39 is 12.1 Å². The van der Waals surface area contributed by atoms with Crippen molar-refractivity contribution in [2.45, 2.75) is 26.4 Å². The Bertz CT molecular complexity index is 783. The van der Waals surface area contributed by atoms with Crippen LogP contribution in [-0.4, -0.2) is 41.1 Å². The summed E-state index contributed by atoms with van der Waals surface area (Å²) in [6, 6.07) is 13.7. The zero-order valence-electron chi connectivity index (χ0n) is 14.5. The topological polar surface area (TPSA) is 66.8 Å². The minimum Gasteiger partial charge on any atom is -0.481 e. The Labute approximate surface area is 147 Å². The van der Waals surface area contributed by atoms with Crippen LogP contribution >= 0.6 is 0 Å². The summed E-state index contributed by atoms with van der Waals surface area (Å²) in [5.41, 5.74) is 0. The molecule has 25 heavy (non-hydrogen) atoms. The van der Waals surface area contributed by atoms with Gasteiger partial charge >= 0.3 is 5.97 Å². The minimum absolute atomic E-state index is 0.0556. The highest BCUT2D eigenvalue weighted by molar-refractivity contribution is 5.89. The van der Waals surface area contributed by atoms with Crippen molar-refractivity contribution in [2.75, 3.05) is 13.1 Å². The van der Waals surface area contributed by atoms with E-state index in [-0.39, 0.29) is 17.7 Å². The van der Waals surface area contributed by atoms with E-state index >= 15 is 0 Å². The lowest BCUT2D eigenvalue weighted by Gasteiger charge is -2.36. The molecule has 1 N–H and O–H groups in total. The van der Waals surface area contributed by atoms with Gasteiger partial charge < -0.3 is 14.7 Å². The molecule has 0 aromatic heterocycles. The molecule has 0 bridgehead atoms. The normalized spacial score (nSPS) is 21.8. The van der Waals surface area contributed by atoms with E-state index in [0.717, 1.165) is 10.8 Å². The van der Waals surface area contributed by atoms with Crippen LogP contribution in [0.5, 0.6) is 5.75 Å². The van der Waals surface area contributed by atoms with E-state index in [2.05, 4.69) is 0 Å². The summed E-state index contributed by atoms with van der Waals surface area (Å²) in [4.78, 5) is 25.6. The van der Waals surface area contributed by atoms with Crippen molar-refractivity contribution in [1.29, 1.82) is 0 Å². The number of rotatable bonds is 4. The van der Waals surface area contributed by atoms with Gasteiger partial charge in [-0.15, -0.1) is 0 Å². The molecule has 2 aromatic carbocycles. The lowest BCUT2D eigenvalue weighted by Crippen LogP contribution is -2.49. The molecule has 0 radical (unpaired) electrons. The second-order valence-corrected chi connectivity index (χ2v) is 6.73. The average molecular weight is 341 g/mol. The highest BCUT2D eigenvalue weighted by Crippen LogP contribution is 2.28. The summed E-state index contributed by atoms with van der Waals surface area (Å²) < 4.78 is 5.94. The summed E-state index contributed by atoms with van der Waals surface area (Å²) >= 11 is 0. The standard InChI is InChI=1S/C20H23NO4/c1-13-12-21(11-10-16(13)20(23)24)19(22)14(2)25-18-9-5-7-15-6-3-4-8-17(15)18/h3-9,13-14,16H,10-12H2,1-2H3,(H,23,24). The molecule has 3 rings (SSSR count). The van der Waals surface area contributed by atoms with Crippen LogP contribution in [0.25, 0.3) is 10.8 Å². The van der Waals surface area contributed by atoms with Gasteiger partial charge in [0.1, 0.15) is 5.75 Å². The number of benzene rings is 2. The molecule has 3 unspecified atom stereocenters. The fraction of sp³-hybridized carbons (Fsp3) is 0.400. The van der Waals surface area contributed by atoms with Gasteiger partial charge in [-0.2, -0.15) is 0 Å². The van der Waals surface area contributed by atoms with Gasteiger partial charge in [0.25, 0.3) is 5.91 Å². The van der Waals surface area contributed by atoms with E-state index in [4.69, 9.17) is 4.74 Å². The molecular weight excluding hydrogens is 318 g/mol. The van der Waals surface area contributed by atoms with Gasteiger partial charge in [0.15, 0.2) is 6.10 Å². The summed E-state index contributed by atoms with van der Waals surface area (Å²) in [5, 5.41) is 11.2. The van der Waals surface area contributed by atoms with E-state index in [1.165, 1.54) is 0 Å². The quantitative estimate of drug-likeness (QED) is 0.927. The van der Waals surface area contributed by atoms with E-state index in [0.29, 0.717) is 25.3 Å². The Balaban J connectivity index is 1.70. The number of ether oxygens (including phenoxy) is 1. The van der Waals surface area contributed by atoms with Crippen LogP contribution in [0, 0.1) is 11.8 Å². The first-order valence-corrected chi connectivity index (χ1v) is 8.63. The lowest BCUT2D eigenvalue weighted by atomic mass is 9.87. The molecule has 1 aliphatic rings. The molecule has 3 atom stereocenters. The fourth-order valence-corrected chi connectivity index (χ4v) is 3.51. The van der Waals surface area contributed by atoms with Gasteiger partial charge in [-0.1, -0.05) is 43.3 Å². The van der Waals surface area contributed by atoms with E-state index in [1.54, 1.807) is 11.8 Å². The Hall–Kier alpha value is -2.56. The summed E-state index contributed by atoms with van der Waals surface area (Å²) in [7, 11) is 0. The van der Waals surface area contributed by atoms with Crippen LogP contribution in [0.3, 0.4) is 0 Å². The molecule has 0 saturated carbocycles. The Morgan fingerprint density at radius 1 is 1.20 bits per heavy atom. The van der Waals surface area contributed by atoms with Crippen LogP contribution in [0.4, 0.5) is 0 Å². The maximum atomic E-state index is 12.7. The third-order valence-electron chi connectivity index (χ3n) is 4.94. The number of fused-ring (bicyclic) bond motifs is 1. The highest BCUT2D eigenvalue weighted by atomic mass is 16.5. The number of carbonyl (C=O) groups excluding carboxylic acids is 1. The largest absolute Gasteiger partial charge is 0.481 e. The van der Waals surface area contributed by atoms with Gasteiger partial charge in [0.05, 0.1) is 5.92 Å². The van der Waals surface area contributed by atoms with Crippen LogP contribution in [-0.2, 0) is 9.59 Å². The molecular formula is C20H23NO4. The zero-order chi connectivity index (χ0) is 18.0. The first kappa shape index (κ1) is 17.3. The minimum atomic E-state index is -0.778. The molecule has 1 amide bonds. The van der Waals surface area contributed by atoms with Crippen LogP contribution in [0.1, 0.15) is 20.3 Å². The Morgan fingerprint density at radius 2 is 1.92 bits per heavy atom. The summed E-state index contributed by atoms with van der Waals surface area (Å²) in [5.74, 6) is -0.617. The predicted molar refractivity (Wildman–Crippen MR) is 95.5 cm³/mol. The third kappa shape index (κ3) is 3.60. The molecule has 5 nitrogen and oxygen atoms in total. The Morgan fingerprint density at radius 3 is 2.64 bits per heavy atom. The van der Waals surface area contributed by atoms with Crippen molar-refractivity contribution in [2.24, 2.45) is 11.8 Å². The second kappa shape index (κ2) is 7.13. The van der Waals surface area contributed by atoms with Crippen molar-refractivity contribution in [3.8, 4) is 5.75 Å². The molecule has 1 heterocycles. The maximum Gasteiger partial charge on any atom is 0.306 e. The molecule has 1 aliphatic heterocycles. The number of nitrogens with zero attached hydrogens (tertiary/aromatic N) is 1. The fourth-order valence-electron chi connectivity index (χ4n) is 3.51. The van der Waals surface area contributed by atoms with Crippen LogP contribution in [0.15, 0.2) is 42.5 Å². The monoisotopic (exact) mass is 341 g/mol. The highest BCUT2D eigenvalue weighted by Gasteiger charge is 2.34. The number of carboxylic acids is 1. The smallest absolute Gasteiger partial charge is 0.306 e. The zero-order valence-corrected chi connectivity index (χ0v) is 14.5. The van der Waals surface area contributed by atoms with Crippen LogP contribution in [0.2, 0.25) is 0 Å². The van der Waals surface area contributed by atoms with Gasteiger partial charge in [0.2, 0.25) is 0 Å². The number of piperidine rings is 1. The number of hydrogen-bond donors (Lipinski definition) is 1. The van der Waals surface area contributed by atoms with Crippen molar-refractivity contribution >= 4 is 22.6 Å². The SMILES string of the molecule is CC(Oc1cccc2ccccc12)C(=O)N1CCC(C(=O)O)C(C)C1. The summed E-state index contributed by atoms with van der Waals surface area (Å²) in [6.45, 7) is 4.55. The van der Waals surface area contributed by atoms with Crippen molar-refractivity contribution in [1.82, 2.24) is 4.90 Å². The number of carbonyl (C=O) groups is 2.